The minimum atomic E-state index is 0.678. The van der Waals surface area contributed by atoms with Crippen LogP contribution in [-0.2, 0) is 0 Å². The minimum Gasteiger partial charge on any atom is -0.464 e. The van der Waals surface area contributed by atoms with E-state index in [4.69, 9.17) is 11.0 Å². The maximum Gasteiger partial charge on any atom is 0.187 e. The van der Waals surface area contributed by atoms with Crippen molar-refractivity contribution in [3.8, 4) is 0 Å². The molecule has 0 saturated carbocycles. The van der Waals surface area contributed by atoms with Crippen molar-refractivity contribution in [1.82, 2.24) is 0 Å². The van der Waals surface area contributed by atoms with E-state index in [1.807, 2.05) is 30.3 Å². The van der Waals surface area contributed by atoms with E-state index in [1.54, 1.807) is 6.26 Å². The molecule has 2 heteroatoms. The highest BCUT2D eigenvalue weighted by Gasteiger charge is 2.07. The standard InChI is InChI=1S/C21H11NO/c1-22-16-4-2-13-12-20-14(10-15(13)11-16)3-5-17-18(20)6-7-21-19(17)8-9-23-21/h2-12H. The minimum absolute atomic E-state index is 0.678. The first-order valence-electron chi connectivity index (χ1n) is 7.47. The number of hydrogen-bond acceptors (Lipinski definition) is 1. The van der Waals surface area contributed by atoms with Gasteiger partial charge in [0.2, 0.25) is 0 Å². The van der Waals surface area contributed by atoms with Gasteiger partial charge in [0, 0.05) is 5.39 Å². The van der Waals surface area contributed by atoms with Crippen molar-refractivity contribution in [3.63, 3.8) is 0 Å². The third-order valence-electron chi connectivity index (χ3n) is 4.52. The second-order valence-corrected chi connectivity index (χ2v) is 5.78. The van der Waals surface area contributed by atoms with Gasteiger partial charge in [-0.3, -0.25) is 0 Å². The molecule has 106 valence electrons. The van der Waals surface area contributed by atoms with Crippen LogP contribution in [0.1, 0.15) is 0 Å². The Labute approximate surface area is 132 Å². The van der Waals surface area contributed by atoms with Gasteiger partial charge in [0.1, 0.15) is 5.58 Å². The van der Waals surface area contributed by atoms with Crippen molar-refractivity contribution >= 4 is 49.0 Å². The largest absolute Gasteiger partial charge is 0.464 e. The zero-order chi connectivity index (χ0) is 15.4. The number of furan rings is 1. The average Bonchev–Trinajstić information content (AvgIpc) is 3.08. The Hall–Kier alpha value is -3.31. The number of hydrogen-bond donors (Lipinski definition) is 0. The summed E-state index contributed by atoms with van der Waals surface area (Å²) in [4.78, 5) is 3.52. The Morgan fingerprint density at radius 3 is 2.39 bits per heavy atom. The summed E-state index contributed by atoms with van der Waals surface area (Å²) in [7, 11) is 0. The Bertz CT molecular complexity index is 1270. The Morgan fingerprint density at radius 2 is 1.48 bits per heavy atom. The van der Waals surface area contributed by atoms with Crippen molar-refractivity contribution in [2.75, 3.05) is 0 Å². The summed E-state index contributed by atoms with van der Waals surface area (Å²) < 4.78 is 5.51. The molecule has 2 nitrogen and oxygen atoms in total. The van der Waals surface area contributed by atoms with Crippen molar-refractivity contribution < 1.29 is 4.42 Å². The maximum absolute atomic E-state index is 7.17. The van der Waals surface area contributed by atoms with Gasteiger partial charge in [0.25, 0.3) is 0 Å². The van der Waals surface area contributed by atoms with Gasteiger partial charge < -0.3 is 4.42 Å². The first-order valence-corrected chi connectivity index (χ1v) is 7.47. The Morgan fingerprint density at radius 1 is 0.652 bits per heavy atom. The highest BCUT2D eigenvalue weighted by molar-refractivity contribution is 6.18. The molecule has 0 radical (unpaired) electrons. The highest BCUT2D eigenvalue weighted by Crippen LogP contribution is 2.34. The van der Waals surface area contributed by atoms with Gasteiger partial charge >= 0.3 is 0 Å². The molecule has 23 heavy (non-hydrogen) atoms. The van der Waals surface area contributed by atoms with Gasteiger partial charge in [-0.2, -0.15) is 0 Å². The molecule has 0 aliphatic carbocycles. The molecule has 0 fully saturated rings. The molecule has 1 heterocycles. The molecule has 0 N–H and O–H groups in total. The second-order valence-electron chi connectivity index (χ2n) is 5.78. The molecule has 5 aromatic rings. The summed E-state index contributed by atoms with van der Waals surface area (Å²) in [6, 6.07) is 20.7. The number of fused-ring (bicyclic) bond motifs is 6. The van der Waals surface area contributed by atoms with Crippen molar-refractivity contribution in [1.29, 1.82) is 0 Å². The molecule has 5 rings (SSSR count). The van der Waals surface area contributed by atoms with Crippen LogP contribution in [0.2, 0.25) is 0 Å². The van der Waals surface area contributed by atoms with Crippen LogP contribution in [0.25, 0.3) is 48.1 Å². The fraction of sp³-hybridized carbons (Fsp3) is 0. The van der Waals surface area contributed by atoms with E-state index in [0.717, 1.165) is 21.7 Å². The van der Waals surface area contributed by atoms with Crippen molar-refractivity contribution in [2.45, 2.75) is 0 Å². The molecular weight excluding hydrogens is 282 g/mol. The number of rotatable bonds is 0. The molecule has 4 aromatic carbocycles. The third-order valence-corrected chi connectivity index (χ3v) is 4.52. The lowest BCUT2D eigenvalue weighted by atomic mass is 9.97. The average molecular weight is 293 g/mol. The Kier molecular flexibility index (Phi) is 2.32. The van der Waals surface area contributed by atoms with Crippen molar-refractivity contribution in [3.05, 3.63) is 78.3 Å². The quantitative estimate of drug-likeness (QED) is 0.182. The molecule has 0 aliphatic rings. The predicted octanol–water partition coefficient (Wildman–Crippen LogP) is 6.44. The van der Waals surface area contributed by atoms with Crippen LogP contribution >= 0.6 is 0 Å². The van der Waals surface area contributed by atoms with Crippen LogP contribution in [-0.4, -0.2) is 0 Å². The molecule has 0 unspecified atom stereocenters. The van der Waals surface area contributed by atoms with E-state index in [2.05, 4.69) is 35.2 Å². The van der Waals surface area contributed by atoms with Gasteiger partial charge in [-0.05, 0) is 62.6 Å². The lowest BCUT2D eigenvalue weighted by Gasteiger charge is -2.07. The SMILES string of the molecule is [C-]#[N+]c1ccc2cc3c(ccc4c5ccoc5ccc34)cc2c1. The smallest absolute Gasteiger partial charge is 0.187 e. The summed E-state index contributed by atoms with van der Waals surface area (Å²) in [5.74, 6) is 0. The van der Waals surface area contributed by atoms with Gasteiger partial charge in [0.15, 0.2) is 5.69 Å². The molecule has 0 amide bonds. The van der Waals surface area contributed by atoms with Crippen LogP contribution in [0.5, 0.6) is 0 Å². The lowest BCUT2D eigenvalue weighted by molar-refractivity contribution is 0.616. The molecule has 0 saturated heterocycles. The molecular formula is C21H11NO. The summed E-state index contributed by atoms with van der Waals surface area (Å²) in [5.41, 5.74) is 1.59. The highest BCUT2D eigenvalue weighted by atomic mass is 16.3. The van der Waals surface area contributed by atoms with E-state index in [9.17, 15) is 0 Å². The van der Waals surface area contributed by atoms with Crippen LogP contribution < -0.4 is 0 Å². The van der Waals surface area contributed by atoms with Crippen LogP contribution in [0, 0.1) is 6.57 Å². The van der Waals surface area contributed by atoms with E-state index < -0.39 is 0 Å². The predicted molar refractivity (Wildman–Crippen MR) is 95.0 cm³/mol. The lowest BCUT2D eigenvalue weighted by Crippen LogP contribution is -1.80. The van der Waals surface area contributed by atoms with Crippen molar-refractivity contribution in [2.24, 2.45) is 0 Å². The fourth-order valence-electron chi connectivity index (χ4n) is 3.40. The van der Waals surface area contributed by atoms with Gasteiger partial charge in [0.05, 0.1) is 12.8 Å². The maximum atomic E-state index is 7.17. The summed E-state index contributed by atoms with van der Waals surface area (Å²) in [5, 5.41) is 8.27. The first-order chi connectivity index (χ1) is 11.3. The van der Waals surface area contributed by atoms with E-state index in [0.29, 0.717) is 5.69 Å². The van der Waals surface area contributed by atoms with E-state index in [1.165, 1.54) is 21.5 Å². The molecule has 0 aliphatic heterocycles. The van der Waals surface area contributed by atoms with E-state index in [-0.39, 0.29) is 0 Å². The zero-order valence-corrected chi connectivity index (χ0v) is 12.2. The van der Waals surface area contributed by atoms with Gasteiger partial charge in [-0.15, -0.1) is 0 Å². The summed E-state index contributed by atoms with van der Waals surface area (Å²) in [6.07, 6.45) is 1.74. The van der Waals surface area contributed by atoms with Gasteiger partial charge in [-0.1, -0.05) is 30.3 Å². The number of benzene rings is 4. The van der Waals surface area contributed by atoms with Crippen LogP contribution in [0.3, 0.4) is 0 Å². The monoisotopic (exact) mass is 293 g/mol. The van der Waals surface area contributed by atoms with Crippen LogP contribution in [0.15, 0.2) is 71.3 Å². The molecule has 0 spiro atoms. The normalized spacial score (nSPS) is 11.4. The molecule has 1 aromatic heterocycles. The molecule has 0 atom stereocenters. The Balaban J connectivity index is 1.96. The zero-order valence-electron chi connectivity index (χ0n) is 12.2. The first kappa shape index (κ1) is 12.3. The third kappa shape index (κ3) is 1.68. The van der Waals surface area contributed by atoms with Crippen LogP contribution in [0.4, 0.5) is 5.69 Å². The van der Waals surface area contributed by atoms with E-state index >= 15 is 0 Å². The summed E-state index contributed by atoms with van der Waals surface area (Å²) in [6.45, 7) is 7.17. The fourth-order valence-corrected chi connectivity index (χ4v) is 3.40. The van der Waals surface area contributed by atoms with Gasteiger partial charge in [-0.25, -0.2) is 4.85 Å². The molecule has 0 bridgehead atoms. The summed E-state index contributed by atoms with van der Waals surface area (Å²) >= 11 is 0. The second kappa shape index (κ2) is 4.34. The number of nitrogens with zero attached hydrogens (tertiary/aromatic N) is 1. The topological polar surface area (TPSA) is 17.5 Å².